The summed E-state index contributed by atoms with van der Waals surface area (Å²) in [6.07, 6.45) is 8.71. The van der Waals surface area contributed by atoms with Crippen molar-refractivity contribution in [2.75, 3.05) is 0 Å². The maximum absolute atomic E-state index is 11.7. The van der Waals surface area contributed by atoms with Crippen LogP contribution < -0.4 is 0 Å². The van der Waals surface area contributed by atoms with Gasteiger partial charge in [0.15, 0.2) is 0 Å². The third-order valence-electron chi connectivity index (χ3n) is 11.0. The van der Waals surface area contributed by atoms with Crippen LogP contribution in [0, 0.1) is 39.9 Å². The molecule has 9 atom stereocenters. The van der Waals surface area contributed by atoms with Gasteiger partial charge in [-0.2, -0.15) is 0 Å². The molecule has 0 spiro atoms. The van der Waals surface area contributed by atoms with Crippen molar-refractivity contribution in [3.05, 3.63) is 24.3 Å². The summed E-state index contributed by atoms with van der Waals surface area (Å²) in [4.78, 5) is 11.6. The highest BCUT2D eigenvalue weighted by Crippen LogP contribution is 2.74. The summed E-state index contributed by atoms with van der Waals surface area (Å²) in [5, 5.41) is 42.9. The summed E-state index contributed by atoms with van der Waals surface area (Å²) >= 11 is 0. The lowest BCUT2D eigenvalue weighted by Gasteiger charge is -2.67. The van der Waals surface area contributed by atoms with Gasteiger partial charge in [-0.3, -0.25) is 4.79 Å². The minimum atomic E-state index is -0.976. The van der Waals surface area contributed by atoms with E-state index in [1.807, 2.05) is 13.0 Å². The quantitative estimate of drug-likeness (QED) is 0.326. The van der Waals surface area contributed by atoms with Crippen LogP contribution in [0.15, 0.2) is 24.3 Å². The molecule has 3 saturated carbocycles. The van der Waals surface area contributed by atoms with Crippen LogP contribution in [0.4, 0.5) is 0 Å². The summed E-state index contributed by atoms with van der Waals surface area (Å²) in [7, 11) is 0. The molecule has 3 aliphatic carbocycles. The predicted octanol–water partition coefficient (Wildman–Crippen LogP) is 5.73. The van der Waals surface area contributed by atoms with Gasteiger partial charge in [0, 0.05) is 6.42 Å². The van der Waals surface area contributed by atoms with Crippen molar-refractivity contribution in [1.82, 2.24) is 0 Å². The molecular weight excluding hydrogens is 440 g/mol. The molecule has 200 valence electrons. The van der Waals surface area contributed by atoms with E-state index < -0.39 is 23.3 Å². The van der Waals surface area contributed by atoms with E-state index in [0.29, 0.717) is 19.3 Å². The Kier molecular flexibility index (Phi) is 7.54. The molecular formula is C30H50O5. The molecule has 0 aromatic carbocycles. The fourth-order valence-electron chi connectivity index (χ4n) is 9.09. The number of hydrogen-bond donors (Lipinski definition) is 4. The standard InChI is InChI=1S/C30H50O5/c1-19(2)20-10-16-28(6)23(27(20,5)15-12-24(32)33)18-22(31)25-21(11-17-29(25,28)7)30(8,35)14-9-13-26(3,4)34/h9,13,20-23,25,31,34-35H,1,10-12,14-18H2,2-8H3,(H,32,33). The molecule has 3 aliphatic rings. The molecule has 0 amide bonds. The smallest absolute Gasteiger partial charge is 0.303 e. The van der Waals surface area contributed by atoms with E-state index in [1.54, 1.807) is 19.9 Å². The average molecular weight is 491 g/mol. The van der Waals surface area contributed by atoms with Gasteiger partial charge in [-0.15, -0.1) is 0 Å². The van der Waals surface area contributed by atoms with Gasteiger partial charge in [0.25, 0.3) is 0 Å². The van der Waals surface area contributed by atoms with Gasteiger partial charge < -0.3 is 20.4 Å². The molecule has 0 saturated heterocycles. The van der Waals surface area contributed by atoms with E-state index in [4.69, 9.17) is 0 Å². The Morgan fingerprint density at radius 3 is 2.23 bits per heavy atom. The van der Waals surface area contributed by atoms with Crippen LogP contribution in [0.2, 0.25) is 0 Å². The number of carboxylic acid groups (broad SMARTS) is 1. The van der Waals surface area contributed by atoms with Gasteiger partial charge in [0.1, 0.15) is 0 Å². The lowest BCUT2D eigenvalue weighted by Crippen LogP contribution is -2.63. The number of aliphatic carboxylic acids is 1. The first-order chi connectivity index (χ1) is 15.9. The Hall–Kier alpha value is -1.17. The molecule has 5 heteroatoms. The SMILES string of the molecule is C=C(C)C1CCC2(C)C(CC(O)C3C(C(C)(O)CC=CC(C)(C)O)CCC32C)C1(C)CCC(=O)O. The van der Waals surface area contributed by atoms with Crippen LogP contribution in [0.3, 0.4) is 0 Å². The Morgan fingerprint density at radius 1 is 1.09 bits per heavy atom. The zero-order valence-corrected chi connectivity index (χ0v) is 23.1. The van der Waals surface area contributed by atoms with E-state index in [-0.39, 0.29) is 46.3 Å². The second kappa shape index (κ2) is 9.29. The minimum absolute atomic E-state index is 0.0145. The highest BCUT2D eigenvalue weighted by atomic mass is 16.4. The first kappa shape index (κ1) is 28.4. The number of aliphatic hydroxyl groups excluding tert-OH is 1. The van der Waals surface area contributed by atoms with Crippen molar-refractivity contribution in [2.45, 2.75) is 117 Å². The monoisotopic (exact) mass is 490 g/mol. The first-order valence-electron chi connectivity index (χ1n) is 13.6. The average Bonchev–Trinajstić information content (AvgIpc) is 3.08. The highest BCUT2D eigenvalue weighted by molar-refractivity contribution is 5.66. The van der Waals surface area contributed by atoms with E-state index in [9.17, 15) is 25.2 Å². The number of carboxylic acids is 1. The second-order valence-corrected chi connectivity index (χ2v) is 13.8. The van der Waals surface area contributed by atoms with Crippen molar-refractivity contribution in [3.63, 3.8) is 0 Å². The molecule has 35 heavy (non-hydrogen) atoms. The van der Waals surface area contributed by atoms with E-state index in [0.717, 1.165) is 31.3 Å². The molecule has 5 nitrogen and oxygen atoms in total. The summed E-state index contributed by atoms with van der Waals surface area (Å²) < 4.78 is 0. The van der Waals surface area contributed by atoms with E-state index in [2.05, 4.69) is 34.3 Å². The van der Waals surface area contributed by atoms with Crippen molar-refractivity contribution in [1.29, 1.82) is 0 Å². The molecule has 9 unspecified atom stereocenters. The maximum Gasteiger partial charge on any atom is 0.303 e. The van der Waals surface area contributed by atoms with Gasteiger partial charge in [0.05, 0.1) is 17.3 Å². The topological polar surface area (TPSA) is 98.0 Å². The molecule has 0 radical (unpaired) electrons. The fraction of sp³-hybridized carbons (Fsp3) is 0.833. The lowest BCUT2D eigenvalue weighted by atomic mass is 9.37. The summed E-state index contributed by atoms with van der Waals surface area (Å²) in [5.41, 5.74) is -1.21. The van der Waals surface area contributed by atoms with Crippen molar-refractivity contribution >= 4 is 5.97 Å². The Bertz CT molecular complexity index is 853. The summed E-state index contributed by atoms with van der Waals surface area (Å²) in [6, 6.07) is 0. The first-order valence-corrected chi connectivity index (χ1v) is 13.6. The van der Waals surface area contributed by atoms with Crippen LogP contribution >= 0.6 is 0 Å². The molecule has 0 heterocycles. The second-order valence-electron chi connectivity index (χ2n) is 13.8. The molecule has 0 aliphatic heterocycles. The third-order valence-corrected chi connectivity index (χ3v) is 11.0. The molecule has 3 fully saturated rings. The summed E-state index contributed by atoms with van der Waals surface area (Å²) in [6.45, 7) is 18.6. The van der Waals surface area contributed by atoms with Crippen molar-refractivity contribution in [3.8, 4) is 0 Å². The molecule has 0 bridgehead atoms. The zero-order chi connectivity index (χ0) is 26.6. The van der Waals surface area contributed by atoms with Gasteiger partial charge in [0.2, 0.25) is 0 Å². The Labute approximate surface area is 212 Å². The van der Waals surface area contributed by atoms with Crippen molar-refractivity contribution in [2.24, 2.45) is 39.9 Å². The van der Waals surface area contributed by atoms with Crippen LogP contribution in [-0.2, 0) is 4.79 Å². The predicted molar refractivity (Wildman–Crippen MR) is 140 cm³/mol. The van der Waals surface area contributed by atoms with E-state index >= 15 is 0 Å². The van der Waals surface area contributed by atoms with Crippen molar-refractivity contribution < 1.29 is 25.2 Å². The molecule has 4 N–H and O–H groups in total. The van der Waals surface area contributed by atoms with Gasteiger partial charge in [-0.1, -0.05) is 45.1 Å². The van der Waals surface area contributed by atoms with Gasteiger partial charge in [-0.25, -0.2) is 0 Å². The normalized spacial score (nSPS) is 43.4. The number of carbonyl (C=O) groups is 1. The van der Waals surface area contributed by atoms with Crippen LogP contribution in [0.5, 0.6) is 0 Å². The zero-order valence-electron chi connectivity index (χ0n) is 23.1. The molecule has 0 aromatic heterocycles. The molecule has 3 rings (SSSR count). The minimum Gasteiger partial charge on any atom is -0.481 e. The lowest BCUT2D eigenvalue weighted by molar-refractivity contribution is -0.213. The third kappa shape index (κ3) is 4.90. The largest absolute Gasteiger partial charge is 0.481 e. The fourth-order valence-corrected chi connectivity index (χ4v) is 9.09. The maximum atomic E-state index is 11.7. The Balaban J connectivity index is 1.97. The Morgan fingerprint density at radius 2 is 1.69 bits per heavy atom. The van der Waals surface area contributed by atoms with Gasteiger partial charge in [-0.05, 0) is 113 Å². The van der Waals surface area contributed by atoms with E-state index in [1.165, 1.54) is 0 Å². The highest BCUT2D eigenvalue weighted by Gasteiger charge is 2.69. The number of aliphatic hydroxyl groups is 3. The summed E-state index contributed by atoms with van der Waals surface area (Å²) in [5.74, 6) is -0.370. The van der Waals surface area contributed by atoms with Crippen LogP contribution in [0.1, 0.15) is 99.8 Å². The molecule has 0 aromatic rings. The van der Waals surface area contributed by atoms with Gasteiger partial charge >= 0.3 is 5.97 Å². The number of allylic oxidation sites excluding steroid dienone is 1. The number of fused-ring (bicyclic) bond motifs is 3. The number of rotatable bonds is 8. The van der Waals surface area contributed by atoms with Crippen LogP contribution in [-0.4, -0.2) is 43.7 Å². The number of hydrogen-bond acceptors (Lipinski definition) is 4. The van der Waals surface area contributed by atoms with Crippen LogP contribution in [0.25, 0.3) is 0 Å².